The van der Waals surface area contributed by atoms with Crippen molar-refractivity contribution in [2.24, 2.45) is 11.7 Å². The van der Waals surface area contributed by atoms with Crippen LogP contribution in [0.4, 0.5) is 0 Å². The number of carbonyl (C=O) groups is 2. The highest BCUT2D eigenvalue weighted by molar-refractivity contribution is 6.08. The molecular formula is C13H18N2O3. The predicted molar refractivity (Wildman–Crippen MR) is 67.0 cm³/mol. The first-order valence-electron chi connectivity index (χ1n) is 5.81. The summed E-state index contributed by atoms with van der Waals surface area (Å²) in [5.41, 5.74) is 4.46. The van der Waals surface area contributed by atoms with Crippen LogP contribution in [0, 0.1) is 5.92 Å². The number of carboxylic acid groups (broad SMARTS) is 1. The molecule has 0 saturated carbocycles. The molecule has 0 saturated heterocycles. The second kappa shape index (κ2) is 5.73. The van der Waals surface area contributed by atoms with Gasteiger partial charge in [-0.15, -0.1) is 0 Å². The lowest BCUT2D eigenvalue weighted by Crippen LogP contribution is -2.56. The van der Waals surface area contributed by atoms with E-state index in [2.05, 4.69) is 4.98 Å². The van der Waals surface area contributed by atoms with Gasteiger partial charge in [0.05, 0.1) is 6.42 Å². The van der Waals surface area contributed by atoms with E-state index >= 15 is 0 Å². The van der Waals surface area contributed by atoms with Crippen molar-refractivity contribution in [2.75, 3.05) is 0 Å². The zero-order valence-corrected chi connectivity index (χ0v) is 10.6. The van der Waals surface area contributed by atoms with Crippen LogP contribution in [0.25, 0.3) is 0 Å². The average molecular weight is 250 g/mol. The van der Waals surface area contributed by atoms with E-state index < -0.39 is 17.3 Å². The lowest BCUT2D eigenvalue weighted by molar-refractivity contribution is -0.149. The Hall–Kier alpha value is -1.75. The topological polar surface area (TPSA) is 93.3 Å². The summed E-state index contributed by atoms with van der Waals surface area (Å²) >= 11 is 0. The van der Waals surface area contributed by atoms with E-state index in [1.807, 2.05) is 13.8 Å². The van der Waals surface area contributed by atoms with Gasteiger partial charge in [-0.2, -0.15) is 0 Å². The molecule has 1 aromatic heterocycles. The summed E-state index contributed by atoms with van der Waals surface area (Å²) in [5, 5.41) is 9.16. The predicted octanol–water partition coefficient (Wildman–Crippen LogP) is 1.02. The molecule has 1 unspecified atom stereocenters. The molecular weight excluding hydrogens is 232 g/mol. The lowest BCUT2D eigenvalue weighted by atomic mass is 9.84. The van der Waals surface area contributed by atoms with Crippen molar-refractivity contribution < 1.29 is 14.7 Å². The fraction of sp³-hybridized carbons (Fsp3) is 0.462. The van der Waals surface area contributed by atoms with Gasteiger partial charge in [-0.1, -0.05) is 19.9 Å². The highest BCUT2D eigenvalue weighted by Crippen LogP contribution is 2.18. The van der Waals surface area contributed by atoms with E-state index in [0.717, 1.165) is 0 Å². The maximum atomic E-state index is 12.1. The van der Waals surface area contributed by atoms with Gasteiger partial charge in [0.2, 0.25) is 0 Å². The van der Waals surface area contributed by atoms with Crippen LogP contribution in [0.1, 0.15) is 26.0 Å². The Morgan fingerprint density at radius 1 is 1.44 bits per heavy atom. The van der Waals surface area contributed by atoms with Crippen LogP contribution < -0.4 is 5.73 Å². The van der Waals surface area contributed by atoms with E-state index in [-0.39, 0.29) is 18.8 Å². The standard InChI is InChI=1S/C13H18N2O3/c1-9(2)8-13(14,12(17)18)11(16)7-10-5-3-4-6-15-10/h3-6,9H,7-8,14H2,1-2H3,(H,17,18). The number of rotatable bonds is 6. The maximum absolute atomic E-state index is 12.1. The van der Waals surface area contributed by atoms with Gasteiger partial charge >= 0.3 is 5.97 Å². The molecule has 18 heavy (non-hydrogen) atoms. The van der Waals surface area contributed by atoms with E-state index in [4.69, 9.17) is 10.8 Å². The molecule has 98 valence electrons. The molecule has 1 rings (SSSR count). The number of ketones is 1. The Balaban J connectivity index is 2.87. The first kappa shape index (κ1) is 14.3. The maximum Gasteiger partial charge on any atom is 0.331 e. The summed E-state index contributed by atoms with van der Waals surface area (Å²) in [5.74, 6) is -1.77. The molecule has 1 aromatic rings. The van der Waals surface area contributed by atoms with Crippen molar-refractivity contribution in [3.8, 4) is 0 Å². The third-order valence-electron chi connectivity index (χ3n) is 2.68. The molecule has 0 aliphatic rings. The van der Waals surface area contributed by atoms with Crippen molar-refractivity contribution in [2.45, 2.75) is 32.2 Å². The van der Waals surface area contributed by atoms with Crippen LogP contribution in [-0.4, -0.2) is 27.4 Å². The molecule has 0 amide bonds. The second-order valence-electron chi connectivity index (χ2n) is 4.80. The van der Waals surface area contributed by atoms with Crippen LogP contribution >= 0.6 is 0 Å². The number of nitrogens with zero attached hydrogens (tertiary/aromatic N) is 1. The largest absolute Gasteiger partial charge is 0.480 e. The van der Waals surface area contributed by atoms with Gasteiger partial charge in [-0.3, -0.25) is 9.78 Å². The summed E-state index contributed by atoms with van der Waals surface area (Å²) in [4.78, 5) is 27.3. The summed E-state index contributed by atoms with van der Waals surface area (Å²) in [6.07, 6.45) is 1.62. The van der Waals surface area contributed by atoms with Crippen LogP contribution in [0.5, 0.6) is 0 Å². The molecule has 0 aromatic carbocycles. The van der Waals surface area contributed by atoms with Crippen molar-refractivity contribution in [3.63, 3.8) is 0 Å². The smallest absolute Gasteiger partial charge is 0.331 e. The van der Waals surface area contributed by atoms with Gasteiger partial charge in [0.25, 0.3) is 0 Å². The number of aliphatic carboxylic acids is 1. The first-order valence-corrected chi connectivity index (χ1v) is 5.81. The molecule has 3 N–H and O–H groups in total. The summed E-state index contributed by atoms with van der Waals surface area (Å²) in [6, 6.07) is 5.15. The average Bonchev–Trinajstić information content (AvgIpc) is 2.29. The van der Waals surface area contributed by atoms with Crippen LogP contribution in [0.3, 0.4) is 0 Å². The fourth-order valence-electron chi connectivity index (χ4n) is 1.79. The van der Waals surface area contributed by atoms with Gasteiger partial charge in [0.1, 0.15) is 0 Å². The Labute approximate surface area is 106 Å². The van der Waals surface area contributed by atoms with Gasteiger partial charge in [0.15, 0.2) is 11.3 Å². The number of aromatic nitrogens is 1. The van der Waals surface area contributed by atoms with Crippen molar-refractivity contribution >= 4 is 11.8 Å². The van der Waals surface area contributed by atoms with E-state index in [9.17, 15) is 9.59 Å². The molecule has 0 radical (unpaired) electrons. The number of carbonyl (C=O) groups excluding carboxylic acids is 1. The minimum Gasteiger partial charge on any atom is -0.480 e. The molecule has 0 aliphatic heterocycles. The number of Topliss-reactive ketones (excluding diaryl/α,β-unsaturated/α-hetero) is 1. The number of pyridine rings is 1. The van der Waals surface area contributed by atoms with E-state index in [1.54, 1.807) is 24.4 Å². The summed E-state index contributed by atoms with van der Waals surface area (Å²) < 4.78 is 0. The molecule has 1 atom stereocenters. The quantitative estimate of drug-likeness (QED) is 0.735. The minimum atomic E-state index is -1.83. The van der Waals surface area contributed by atoms with E-state index in [0.29, 0.717) is 5.69 Å². The van der Waals surface area contributed by atoms with Crippen LogP contribution in [0.15, 0.2) is 24.4 Å². The Kier molecular flexibility index (Phi) is 4.55. The van der Waals surface area contributed by atoms with Gasteiger partial charge in [0, 0.05) is 11.9 Å². The highest BCUT2D eigenvalue weighted by Gasteiger charge is 2.42. The van der Waals surface area contributed by atoms with Gasteiger partial charge in [-0.25, -0.2) is 4.79 Å². The molecule has 0 aliphatic carbocycles. The molecule has 5 heteroatoms. The molecule has 0 bridgehead atoms. The Morgan fingerprint density at radius 2 is 2.11 bits per heavy atom. The monoisotopic (exact) mass is 250 g/mol. The van der Waals surface area contributed by atoms with Gasteiger partial charge in [-0.05, 0) is 24.5 Å². The molecule has 0 spiro atoms. The molecule has 1 heterocycles. The normalized spacial score (nSPS) is 14.2. The number of nitrogens with two attached hydrogens (primary N) is 1. The summed E-state index contributed by atoms with van der Waals surface area (Å²) in [6.45, 7) is 3.66. The third kappa shape index (κ3) is 3.37. The highest BCUT2D eigenvalue weighted by atomic mass is 16.4. The molecule has 0 fully saturated rings. The van der Waals surface area contributed by atoms with Crippen molar-refractivity contribution in [1.82, 2.24) is 4.98 Å². The minimum absolute atomic E-state index is 0.0267. The number of hydrogen-bond acceptors (Lipinski definition) is 4. The Bertz CT molecular complexity index is 431. The second-order valence-corrected chi connectivity index (χ2v) is 4.80. The molecule has 5 nitrogen and oxygen atoms in total. The first-order chi connectivity index (χ1) is 8.36. The zero-order valence-electron chi connectivity index (χ0n) is 10.6. The number of hydrogen-bond donors (Lipinski definition) is 2. The Morgan fingerprint density at radius 3 is 2.56 bits per heavy atom. The van der Waals surface area contributed by atoms with Gasteiger partial charge < -0.3 is 10.8 Å². The van der Waals surface area contributed by atoms with Crippen molar-refractivity contribution in [1.29, 1.82) is 0 Å². The third-order valence-corrected chi connectivity index (χ3v) is 2.68. The van der Waals surface area contributed by atoms with E-state index in [1.165, 1.54) is 0 Å². The fourth-order valence-corrected chi connectivity index (χ4v) is 1.79. The zero-order chi connectivity index (χ0) is 13.8. The van der Waals surface area contributed by atoms with Crippen LogP contribution in [-0.2, 0) is 16.0 Å². The number of carboxylic acids is 1. The van der Waals surface area contributed by atoms with Crippen LogP contribution in [0.2, 0.25) is 0 Å². The SMILES string of the molecule is CC(C)CC(N)(C(=O)O)C(=O)Cc1ccccn1. The summed E-state index contributed by atoms with van der Waals surface area (Å²) in [7, 11) is 0. The van der Waals surface area contributed by atoms with Crippen molar-refractivity contribution in [3.05, 3.63) is 30.1 Å². The lowest BCUT2D eigenvalue weighted by Gasteiger charge is -2.24.